The Hall–Kier alpha value is -3.20. The molecule has 0 aliphatic carbocycles. The molecule has 0 radical (unpaired) electrons. The van der Waals surface area contributed by atoms with Crippen molar-refractivity contribution in [2.75, 3.05) is 26.2 Å². The van der Waals surface area contributed by atoms with Gasteiger partial charge in [0.2, 0.25) is 5.91 Å². The van der Waals surface area contributed by atoms with Crippen LogP contribution in [-0.4, -0.2) is 58.7 Å². The van der Waals surface area contributed by atoms with E-state index in [9.17, 15) is 14.4 Å². The minimum Gasteiger partial charge on any atom is -0.457 e. The van der Waals surface area contributed by atoms with Gasteiger partial charge in [-0.15, -0.1) is 11.3 Å². The van der Waals surface area contributed by atoms with Gasteiger partial charge in [0.15, 0.2) is 10.8 Å². The number of thiazole rings is 1. The zero-order valence-corrected chi connectivity index (χ0v) is 16.7. The minimum atomic E-state index is -0.635. The molecule has 29 heavy (non-hydrogen) atoms. The molecule has 1 fully saturated rings. The van der Waals surface area contributed by atoms with Crippen molar-refractivity contribution >= 4 is 39.3 Å². The first kappa shape index (κ1) is 19.1. The zero-order valence-electron chi connectivity index (χ0n) is 15.9. The van der Waals surface area contributed by atoms with Crippen LogP contribution in [0.5, 0.6) is 0 Å². The Labute approximate surface area is 171 Å². The lowest BCUT2D eigenvalue weighted by Crippen LogP contribution is -2.56. The number of likely N-dealkylation sites (N-methyl/N-ethyl adjacent to an activating group) is 1. The molecule has 3 amide bonds. The third-order valence-electron chi connectivity index (χ3n) is 4.74. The Morgan fingerprint density at radius 3 is 2.69 bits per heavy atom. The molecule has 8 nitrogen and oxygen atoms in total. The molecule has 1 aromatic carbocycles. The Morgan fingerprint density at radius 1 is 1.14 bits per heavy atom. The number of hydrogen-bond donors (Lipinski definition) is 1. The fourth-order valence-electron chi connectivity index (χ4n) is 3.15. The van der Waals surface area contributed by atoms with Gasteiger partial charge in [0, 0.05) is 19.6 Å². The van der Waals surface area contributed by atoms with Crippen molar-refractivity contribution < 1.29 is 18.8 Å². The van der Waals surface area contributed by atoms with Gasteiger partial charge in [0.1, 0.15) is 12.3 Å². The van der Waals surface area contributed by atoms with Crippen molar-refractivity contribution in [1.82, 2.24) is 20.1 Å². The molecule has 150 valence electrons. The normalized spacial score (nSPS) is 14.7. The third-order valence-corrected chi connectivity index (χ3v) is 5.79. The number of furan rings is 1. The molecule has 2 aromatic heterocycles. The minimum absolute atomic E-state index is 0.145. The summed E-state index contributed by atoms with van der Waals surface area (Å²) in [6, 6.07) is 11.5. The van der Waals surface area contributed by atoms with Gasteiger partial charge in [-0.3, -0.25) is 14.4 Å². The summed E-state index contributed by atoms with van der Waals surface area (Å²) in [5.74, 6) is -0.297. The van der Waals surface area contributed by atoms with Crippen LogP contribution in [0.4, 0.5) is 0 Å². The number of benzene rings is 1. The van der Waals surface area contributed by atoms with Gasteiger partial charge in [0.05, 0.1) is 16.8 Å². The van der Waals surface area contributed by atoms with Crippen molar-refractivity contribution in [3.05, 3.63) is 42.2 Å². The number of piperazine rings is 1. The van der Waals surface area contributed by atoms with E-state index in [1.54, 1.807) is 17.4 Å². The van der Waals surface area contributed by atoms with E-state index in [1.165, 1.54) is 9.80 Å². The van der Waals surface area contributed by atoms with Crippen molar-refractivity contribution in [2.24, 2.45) is 0 Å². The number of aromatic nitrogens is 1. The van der Waals surface area contributed by atoms with E-state index >= 15 is 0 Å². The average molecular weight is 412 g/mol. The molecule has 4 rings (SSSR count). The first-order valence-electron chi connectivity index (χ1n) is 9.34. The number of rotatable bonds is 6. The van der Waals surface area contributed by atoms with Crippen LogP contribution >= 0.6 is 11.3 Å². The number of nitrogens with one attached hydrogen (secondary N) is 1. The molecule has 1 saturated heterocycles. The van der Waals surface area contributed by atoms with Crippen LogP contribution in [0.3, 0.4) is 0 Å². The Morgan fingerprint density at radius 2 is 1.90 bits per heavy atom. The highest BCUT2D eigenvalue weighted by Gasteiger charge is 2.32. The summed E-state index contributed by atoms with van der Waals surface area (Å²) in [5, 5.41) is 3.51. The van der Waals surface area contributed by atoms with E-state index in [1.807, 2.05) is 37.3 Å². The molecule has 0 spiro atoms. The monoisotopic (exact) mass is 412 g/mol. The summed E-state index contributed by atoms with van der Waals surface area (Å²) in [6.45, 7) is 3.15. The number of hydrogen-bond acceptors (Lipinski definition) is 6. The van der Waals surface area contributed by atoms with Crippen LogP contribution < -0.4 is 5.32 Å². The highest BCUT2D eigenvalue weighted by molar-refractivity contribution is 7.21. The number of amides is 3. The SMILES string of the molecule is CCN1CCN(CC(=O)NCc2ccc(-c3nc4ccccc4s3)o2)C(=O)C1=O. The van der Waals surface area contributed by atoms with E-state index in [2.05, 4.69) is 10.3 Å². The molecule has 0 bridgehead atoms. The number of carbonyl (C=O) groups is 3. The van der Waals surface area contributed by atoms with Gasteiger partial charge in [-0.1, -0.05) is 12.1 Å². The maximum absolute atomic E-state index is 12.2. The van der Waals surface area contributed by atoms with Gasteiger partial charge in [-0.25, -0.2) is 4.98 Å². The predicted octanol–water partition coefficient (Wildman–Crippen LogP) is 1.86. The maximum Gasteiger partial charge on any atom is 0.312 e. The number of para-hydroxylation sites is 1. The van der Waals surface area contributed by atoms with E-state index < -0.39 is 11.8 Å². The summed E-state index contributed by atoms with van der Waals surface area (Å²) in [7, 11) is 0. The molecule has 9 heteroatoms. The number of nitrogens with zero attached hydrogens (tertiary/aromatic N) is 3. The van der Waals surface area contributed by atoms with Gasteiger partial charge >= 0.3 is 11.8 Å². The standard InChI is InChI=1S/C20H20N4O4S/c1-2-23-9-10-24(20(27)19(23)26)12-17(25)21-11-13-7-8-15(28-13)18-22-14-5-3-4-6-16(14)29-18/h3-8H,2,9-12H2,1H3,(H,21,25). The van der Waals surface area contributed by atoms with Gasteiger partial charge in [-0.05, 0) is 31.2 Å². The van der Waals surface area contributed by atoms with Crippen LogP contribution in [0.15, 0.2) is 40.8 Å². The van der Waals surface area contributed by atoms with Gasteiger partial charge < -0.3 is 19.5 Å². The van der Waals surface area contributed by atoms with Crippen molar-refractivity contribution in [3.8, 4) is 10.8 Å². The summed E-state index contributed by atoms with van der Waals surface area (Å²) < 4.78 is 6.88. The first-order chi connectivity index (χ1) is 14.0. The van der Waals surface area contributed by atoms with Crippen LogP contribution in [-0.2, 0) is 20.9 Å². The Balaban J connectivity index is 1.33. The number of fused-ring (bicyclic) bond motifs is 1. The molecular formula is C20H20N4O4S. The Kier molecular flexibility index (Phi) is 5.30. The van der Waals surface area contributed by atoms with Crippen molar-refractivity contribution in [1.29, 1.82) is 0 Å². The molecule has 0 saturated carbocycles. The fourth-order valence-corrected chi connectivity index (χ4v) is 4.08. The lowest BCUT2D eigenvalue weighted by Gasteiger charge is -2.32. The highest BCUT2D eigenvalue weighted by atomic mass is 32.1. The first-order valence-corrected chi connectivity index (χ1v) is 10.2. The van der Waals surface area contributed by atoms with Crippen LogP contribution in [0, 0.1) is 0 Å². The van der Waals surface area contributed by atoms with E-state index in [4.69, 9.17) is 4.42 Å². The molecule has 1 N–H and O–H groups in total. The van der Waals surface area contributed by atoms with Crippen molar-refractivity contribution in [3.63, 3.8) is 0 Å². The van der Waals surface area contributed by atoms with Gasteiger partial charge in [0.25, 0.3) is 0 Å². The molecular weight excluding hydrogens is 392 g/mol. The average Bonchev–Trinajstić information content (AvgIpc) is 3.36. The largest absolute Gasteiger partial charge is 0.457 e. The lowest BCUT2D eigenvalue weighted by atomic mass is 10.3. The summed E-state index contributed by atoms with van der Waals surface area (Å²) in [5.41, 5.74) is 0.918. The molecule has 3 aromatic rings. The lowest BCUT2D eigenvalue weighted by molar-refractivity contribution is -0.156. The topological polar surface area (TPSA) is 95.8 Å². The second-order valence-electron chi connectivity index (χ2n) is 6.64. The second-order valence-corrected chi connectivity index (χ2v) is 7.67. The fraction of sp³-hybridized carbons (Fsp3) is 0.300. The van der Waals surface area contributed by atoms with Crippen LogP contribution in [0.1, 0.15) is 12.7 Å². The van der Waals surface area contributed by atoms with Crippen molar-refractivity contribution in [2.45, 2.75) is 13.5 Å². The summed E-state index contributed by atoms with van der Waals surface area (Å²) in [6.07, 6.45) is 0. The quantitative estimate of drug-likeness (QED) is 0.624. The highest BCUT2D eigenvalue weighted by Crippen LogP contribution is 2.31. The van der Waals surface area contributed by atoms with Crippen LogP contribution in [0.2, 0.25) is 0 Å². The predicted molar refractivity (Wildman–Crippen MR) is 108 cm³/mol. The molecule has 1 aliphatic heterocycles. The molecule has 0 atom stereocenters. The van der Waals surface area contributed by atoms with E-state index in [0.29, 0.717) is 31.2 Å². The smallest absolute Gasteiger partial charge is 0.312 e. The van der Waals surface area contributed by atoms with Crippen LogP contribution in [0.25, 0.3) is 21.0 Å². The second kappa shape index (κ2) is 8.04. The van der Waals surface area contributed by atoms with E-state index in [-0.39, 0.29) is 19.0 Å². The molecule has 0 unspecified atom stereocenters. The third kappa shape index (κ3) is 4.00. The maximum atomic E-state index is 12.2. The van der Waals surface area contributed by atoms with E-state index in [0.717, 1.165) is 15.2 Å². The molecule has 1 aliphatic rings. The Bertz CT molecular complexity index is 1040. The zero-order chi connectivity index (χ0) is 20.4. The molecule has 3 heterocycles. The van der Waals surface area contributed by atoms with Gasteiger partial charge in [-0.2, -0.15) is 0 Å². The summed E-state index contributed by atoms with van der Waals surface area (Å²) in [4.78, 5) is 43.5. The summed E-state index contributed by atoms with van der Waals surface area (Å²) >= 11 is 1.54. The number of carbonyl (C=O) groups excluding carboxylic acids is 3.